The molecule has 2 aromatic heterocycles. The molecule has 2 heterocycles. The third kappa shape index (κ3) is 3.27. The Kier molecular flexibility index (Phi) is 4.57. The zero-order chi connectivity index (χ0) is 16.9. The molecular weight excluding hydrogens is 300 g/mol. The van der Waals surface area contributed by atoms with E-state index in [1.165, 1.54) is 0 Å². The Labute approximate surface area is 141 Å². The van der Waals surface area contributed by atoms with Crippen molar-refractivity contribution in [2.24, 2.45) is 0 Å². The van der Waals surface area contributed by atoms with Crippen LogP contribution in [0.4, 0.5) is 0 Å². The van der Waals surface area contributed by atoms with E-state index in [1.54, 1.807) is 19.5 Å². The topological polar surface area (TPSA) is 44.2 Å². The van der Waals surface area contributed by atoms with Crippen LogP contribution in [0.15, 0.2) is 67.5 Å². The molecule has 0 saturated heterocycles. The number of methoxy groups -OCH3 is 1. The first-order valence-corrected chi connectivity index (χ1v) is 7.57. The van der Waals surface area contributed by atoms with Crippen molar-refractivity contribution in [2.45, 2.75) is 6.92 Å². The fraction of sp³-hybridized carbons (Fsp3) is 0.100. The van der Waals surface area contributed by atoms with E-state index in [0.29, 0.717) is 11.6 Å². The number of nitrogens with zero attached hydrogens (tertiary/aromatic N) is 2. The molecule has 0 unspecified atom stereocenters. The van der Waals surface area contributed by atoms with Crippen LogP contribution in [0.2, 0.25) is 0 Å². The van der Waals surface area contributed by atoms with E-state index >= 15 is 0 Å². The van der Waals surface area contributed by atoms with E-state index in [9.17, 15) is 0 Å². The minimum Gasteiger partial charge on any atom is -0.496 e. The molecule has 0 spiro atoms. The Morgan fingerprint density at radius 2 is 1.75 bits per heavy atom. The number of benzene rings is 1. The second kappa shape index (κ2) is 6.96. The number of ether oxygens (including phenoxy) is 2. The second-order valence-electron chi connectivity index (χ2n) is 5.32. The zero-order valence-corrected chi connectivity index (χ0v) is 13.7. The maximum atomic E-state index is 5.94. The van der Waals surface area contributed by atoms with Crippen LogP contribution in [-0.4, -0.2) is 17.1 Å². The third-order valence-electron chi connectivity index (χ3n) is 3.56. The van der Waals surface area contributed by atoms with Gasteiger partial charge in [-0.25, -0.2) is 4.98 Å². The lowest BCUT2D eigenvalue weighted by molar-refractivity contribution is 0.415. The normalized spacial score (nSPS) is 10.2. The lowest BCUT2D eigenvalue weighted by Gasteiger charge is -2.12. The standard InChI is InChI=1S/C20H18N2O2/c1-14(2)18-11-10-15(13-22-18)24-20-17(8-6-12-21-20)16-7-4-5-9-19(16)23-3/h4-13H,1H2,2-3H3. The molecule has 0 saturated carbocycles. The van der Waals surface area contributed by atoms with Crippen LogP contribution >= 0.6 is 0 Å². The molecule has 0 bridgehead atoms. The van der Waals surface area contributed by atoms with Crippen molar-refractivity contribution >= 4 is 5.57 Å². The average molecular weight is 318 g/mol. The highest BCUT2D eigenvalue weighted by atomic mass is 16.5. The van der Waals surface area contributed by atoms with Gasteiger partial charge in [0.1, 0.15) is 11.5 Å². The molecule has 0 fully saturated rings. The summed E-state index contributed by atoms with van der Waals surface area (Å²) >= 11 is 0. The first-order chi connectivity index (χ1) is 11.7. The highest BCUT2D eigenvalue weighted by Crippen LogP contribution is 2.36. The van der Waals surface area contributed by atoms with Gasteiger partial charge in [-0.05, 0) is 42.8 Å². The van der Waals surface area contributed by atoms with Gasteiger partial charge in [-0.2, -0.15) is 0 Å². The molecule has 0 atom stereocenters. The molecule has 3 rings (SSSR count). The Morgan fingerprint density at radius 1 is 0.958 bits per heavy atom. The van der Waals surface area contributed by atoms with Crippen LogP contribution in [0.25, 0.3) is 16.7 Å². The highest BCUT2D eigenvalue weighted by molar-refractivity contribution is 5.74. The molecule has 0 aliphatic heterocycles. The average Bonchev–Trinajstić information content (AvgIpc) is 2.62. The predicted octanol–water partition coefficient (Wildman–Crippen LogP) is 4.98. The van der Waals surface area contributed by atoms with Gasteiger partial charge in [0.2, 0.25) is 5.88 Å². The minimum absolute atomic E-state index is 0.506. The molecule has 0 amide bonds. The first kappa shape index (κ1) is 15.7. The van der Waals surface area contributed by atoms with Gasteiger partial charge in [-0.15, -0.1) is 0 Å². The molecule has 0 radical (unpaired) electrons. The van der Waals surface area contributed by atoms with Crippen LogP contribution in [0, 0.1) is 0 Å². The van der Waals surface area contributed by atoms with Gasteiger partial charge in [0.25, 0.3) is 0 Å². The molecule has 0 N–H and O–H groups in total. The fourth-order valence-corrected chi connectivity index (χ4v) is 2.35. The van der Waals surface area contributed by atoms with Crippen molar-refractivity contribution in [3.63, 3.8) is 0 Å². The van der Waals surface area contributed by atoms with Crippen molar-refractivity contribution in [1.82, 2.24) is 9.97 Å². The van der Waals surface area contributed by atoms with E-state index in [1.807, 2.05) is 55.5 Å². The van der Waals surface area contributed by atoms with Gasteiger partial charge in [-0.1, -0.05) is 24.8 Å². The Bertz CT molecular complexity index is 858. The van der Waals surface area contributed by atoms with Crippen molar-refractivity contribution in [1.29, 1.82) is 0 Å². The summed E-state index contributed by atoms with van der Waals surface area (Å²) in [5.74, 6) is 1.90. The quantitative estimate of drug-likeness (QED) is 0.665. The van der Waals surface area contributed by atoms with Crippen LogP contribution in [0.5, 0.6) is 17.4 Å². The molecule has 4 nitrogen and oxygen atoms in total. The lowest BCUT2D eigenvalue weighted by atomic mass is 10.1. The Balaban J connectivity index is 1.96. The van der Waals surface area contributed by atoms with Crippen LogP contribution in [0.1, 0.15) is 12.6 Å². The number of hydrogen-bond donors (Lipinski definition) is 0. The van der Waals surface area contributed by atoms with Crippen molar-refractivity contribution < 1.29 is 9.47 Å². The second-order valence-corrected chi connectivity index (χ2v) is 5.32. The van der Waals surface area contributed by atoms with E-state index in [0.717, 1.165) is 28.1 Å². The summed E-state index contributed by atoms with van der Waals surface area (Å²) in [5.41, 5.74) is 3.54. The summed E-state index contributed by atoms with van der Waals surface area (Å²) in [6, 6.07) is 15.3. The van der Waals surface area contributed by atoms with E-state index in [4.69, 9.17) is 9.47 Å². The molecular formula is C20H18N2O2. The maximum Gasteiger partial charge on any atom is 0.227 e. The molecule has 24 heavy (non-hydrogen) atoms. The van der Waals surface area contributed by atoms with Crippen LogP contribution < -0.4 is 9.47 Å². The number of pyridine rings is 2. The monoisotopic (exact) mass is 318 g/mol. The summed E-state index contributed by atoms with van der Waals surface area (Å²) in [6.45, 7) is 5.80. The summed E-state index contributed by atoms with van der Waals surface area (Å²) in [6.07, 6.45) is 3.37. The maximum absolute atomic E-state index is 5.94. The number of allylic oxidation sites excluding steroid dienone is 1. The molecule has 0 aliphatic rings. The molecule has 120 valence electrons. The fourth-order valence-electron chi connectivity index (χ4n) is 2.35. The summed E-state index contributed by atoms with van der Waals surface area (Å²) < 4.78 is 11.4. The predicted molar refractivity (Wildman–Crippen MR) is 95.2 cm³/mol. The molecule has 0 aliphatic carbocycles. The van der Waals surface area contributed by atoms with Crippen molar-refractivity contribution in [3.8, 4) is 28.5 Å². The van der Waals surface area contributed by atoms with Gasteiger partial charge in [0.05, 0.1) is 19.0 Å². The Morgan fingerprint density at radius 3 is 2.46 bits per heavy atom. The zero-order valence-electron chi connectivity index (χ0n) is 13.7. The smallest absolute Gasteiger partial charge is 0.227 e. The number of rotatable bonds is 5. The molecule has 3 aromatic rings. The van der Waals surface area contributed by atoms with Gasteiger partial charge >= 0.3 is 0 Å². The van der Waals surface area contributed by atoms with E-state index in [2.05, 4.69) is 16.5 Å². The van der Waals surface area contributed by atoms with Gasteiger partial charge in [0, 0.05) is 17.3 Å². The Hall–Kier alpha value is -3.14. The van der Waals surface area contributed by atoms with Crippen LogP contribution in [0.3, 0.4) is 0 Å². The number of hydrogen-bond acceptors (Lipinski definition) is 4. The highest BCUT2D eigenvalue weighted by Gasteiger charge is 2.12. The van der Waals surface area contributed by atoms with Gasteiger partial charge < -0.3 is 9.47 Å². The lowest BCUT2D eigenvalue weighted by Crippen LogP contribution is -1.94. The number of para-hydroxylation sites is 1. The van der Waals surface area contributed by atoms with Crippen LogP contribution in [-0.2, 0) is 0 Å². The minimum atomic E-state index is 0.506. The largest absolute Gasteiger partial charge is 0.496 e. The molecule has 1 aromatic carbocycles. The summed E-state index contributed by atoms with van der Waals surface area (Å²) in [4.78, 5) is 8.69. The van der Waals surface area contributed by atoms with Gasteiger partial charge in [0.15, 0.2) is 0 Å². The van der Waals surface area contributed by atoms with E-state index < -0.39 is 0 Å². The SMILES string of the molecule is C=C(C)c1ccc(Oc2ncccc2-c2ccccc2OC)cn1. The van der Waals surface area contributed by atoms with E-state index in [-0.39, 0.29) is 0 Å². The summed E-state index contributed by atoms with van der Waals surface area (Å²) in [5, 5.41) is 0. The first-order valence-electron chi connectivity index (χ1n) is 7.57. The summed E-state index contributed by atoms with van der Waals surface area (Å²) in [7, 11) is 1.65. The third-order valence-corrected chi connectivity index (χ3v) is 3.56. The van der Waals surface area contributed by atoms with Crippen molar-refractivity contribution in [3.05, 3.63) is 73.2 Å². The number of aromatic nitrogens is 2. The molecule has 4 heteroatoms. The van der Waals surface area contributed by atoms with Gasteiger partial charge in [-0.3, -0.25) is 4.98 Å². The van der Waals surface area contributed by atoms with Crippen molar-refractivity contribution in [2.75, 3.05) is 7.11 Å².